The maximum absolute atomic E-state index is 12.4. The van der Waals surface area contributed by atoms with Crippen LogP contribution in [0.3, 0.4) is 0 Å². The van der Waals surface area contributed by atoms with E-state index in [1.165, 1.54) is 14.2 Å². The maximum Gasteiger partial charge on any atom is 0.340 e. The predicted molar refractivity (Wildman–Crippen MR) is 129 cm³/mol. The second kappa shape index (κ2) is 8.67. The van der Waals surface area contributed by atoms with E-state index in [0.29, 0.717) is 48.2 Å². The van der Waals surface area contributed by atoms with Crippen LogP contribution in [0.1, 0.15) is 45.7 Å². The molecule has 0 saturated carbocycles. The number of ether oxygens (including phenoxy) is 5. The number of hydrazone groups is 1. The molecule has 9 heteroatoms. The molecular formula is C27H24N2O7. The van der Waals surface area contributed by atoms with Crippen molar-refractivity contribution in [2.75, 3.05) is 27.4 Å². The monoisotopic (exact) mass is 488 g/mol. The lowest BCUT2D eigenvalue weighted by atomic mass is 9.95. The summed E-state index contributed by atoms with van der Waals surface area (Å²) in [6.45, 7) is 1.02. The van der Waals surface area contributed by atoms with Gasteiger partial charge in [-0.25, -0.2) is 9.80 Å². The van der Waals surface area contributed by atoms with E-state index in [1.54, 1.807) is 12.1 Å². The molecule has 0 amide bonds. The average molecular weight is 488 g/mol. The number of fused-ring (bicyclic) bond motifs is 4. The Morgan fingerprint density at radius 2 is 1.78 bits per heavy atom. The molecule has 0 aliphatic carbocycles. The standard InChI is InChI=1S/C27H24N2O7/c1-32-22-10-8-17(24(27(30)31)25(22)33-2)26-29-19(16-5-3-4-6-20(16)36-26)14-18(28-29)15-7-9-21-23(13-15)35-12-11-34-21/h3-10,13,19,26H,11-12,14H2,1-2H3,(H,30,31)/t19-,26+/m1/s1. The summed E-state index contributed by atoms with van der Waals surface area (Å²) in [5.74, 6) is 1.41. The van der Waals surface area contributed by atoms with E-state index in [0.717, 1.165) is 16.8 Å². The van der Waals surface area contributed by atoms with Gasteiger partial charge in [-0.15, -0.1) is 0 Å². The number of nitrogens with zero attached hydrogens (tertiary/aromatic N) is 2. The number of carboxylic acids is 1. The molecule has 36 heavy (non-hydrogen) atoms. The first-order chi connectivity index (χ1) is 17.6. The largest absolute Gasteiger partial charge is 0.493 e. The van der Waals surface area contributed by atoms with E-state index >= 15 is 0 Å². The number of carbonyl (C=O) groups is 1. The van der Waals surface area contributed by atoms with E-state index < -0.39 is 12.2 Å². The second-order valence-electron chi connectivity index (χ2n) is 8.58. The van der Waals surface area contributed by atoms with Crippen molar-refractivity contribution in [2.45, 2.75) is 18.7 Å². The molecule has 3 aromatic carbocycles. The summed E-state index contributed by atoms with van der Waals surface area (Å²) in [6, 6.07) is 16.8. The minimum atomic E-state index is -1.14. The summed E-state index contributed by atoms with van der Waals surface area (Å²) < 4.78 is 28.6. The number of methoxy groups -OCH3 is 2. The van der Waals surface area contributed by atoms with Gasteiger partial charge in [-0.2, -0.15) is 5.10 Å². The van der Waals surface area contributed by atoms with Crippen LogP contribution in [-0.2, 0) is 0 Å². The summed E-state index contributed by atoms with van der Waals surface area (Å²) in [7, 11) is 2.89. The lowest BCUT2D eigenvalue weighted by Gasteiger charge is -2.38. The number of benzene rings is 3. The fraction of sp³-hybridized carbons (Fsp3) is 0.259. The normalized spacial score (nSPS) is 19.5. The topological polar surface area (TPSA) is 99.1 Å². The molecule has 3 aliphatic rings. The van der Waals surface area contributed by atoms with Gasteiger partial charge in [-0.1, -0.05) is 18.2 Å². The van der Waals surface area contributed by atoms with E-state index in [4.69, 9.17) is 28.8 Å². The highest BCUT2D eigenvalue weighted by Gasteiger charge is 2.43. The summed E-state index contributed by atoms with van der Waals surface area (Å²) in [5, 5.41) is 16.9. The second-order valence-corrected chi connectivity index (χ2v) is 8.58. The number of hydrogen-bond acceptors (Lipinski definition) is 8. The highest BCUT2D eigenvalue weighted by atomic mass is 16.6. The van der Waals surface area contributed by atoms with Gasteiger partial charge in [0.25, 0.3) is 0 Å². The molecule has 0 fully saturated rings. The SMILES string of the molecule is COc1ccc([C@@H]2Oc3ccccc3[C@H]3CC(c4ccc5c(c4)OCCO5)=NN32)c(C(=O)O)c1OC. The first-order valence-electron chi connectivity index (χ1n) is 11.6. The van der Waals surface area contributed by atoms with Gasteiger partial charge in [0.2, 0.25) is 6.23 Å². The maximum atomic E-state index is 12.4. The Hall–Kier alpha value is -4.40. The van der Waals surface area contributed by atoms with Gasteiger partial charge >= 0.3 is 5.97 Å². The highest BCUT2D eigenvalue weighted by Crippen LogP contribution is 2.49. The Labute approximate surface area is 207 Å². The van der Waals surface area contributed by atoms with Gasteiger partial charge < -0.3 is 28.8 Å². The van der Waals surface area contributed by atoms with Gasteiger partial charge in [0, 0.05) is 23.1 Å². The Morgan fingerprint density at radius 3 is 2.56 bits per heavy atom. The van der Waals surface area contributed by atoms with Crippen LogP contribution in [-0.4, -0.2) is 49.2 Å². The highest BCUT2D eigenvalue weighted by molar-refractivity contribution is 6.02. The van der Waals surface area contributed by atoms with Crippen LogP contribution in [0.2, 0.25) is 0 Å². The summed E-state index contributed by atoms with van der Waals surface area (Å²) >= 11 is 0. The molecule has 2 atom stereocenters. The minimum Gasteiger partial charge on any atom is -0.493 e. The zero-order valence-corrected chi connectivity index (χ0v) is 19.8. The van der Waals surface area contributed by atoms with Crippen molar-refractivity contribution in [3.05, 3.63) is 76.9 Å². The lowest BCUT2D eigenvalue weighted by Crippen LogP contribution is -2.34. The Bertz CT molecular complexity index is 1390. The summed E-state index contributed by atoms with van der Waals surface area (Å²) in [6.07, 6.45) is -0.169. The zero-order chi connectivity index (χ0) is 24.8. The molecule has 0 spiro atoms. The average Bonchev–Trinajstić information content (AvgIpc) is 3.37. The quantitative estimate of drug-likeness (QED) is 0.564. The first-order valence-corrected chi connectivity index (χ1v) is 11.6. The number of rotatable bonds is 5. The Kier molecular flexibility index (Phi) is 5.32. The molecule has 184 valence electrons. The number of aromatic carboxylic acids is 1. The van der Waals surface area contributed by atoms with Crippen molar-refractivity contribution in [1.29, 1.82) is 0 Å². The van der Waals surface area contributed by atoms with E-state index in [1.807, 2.05) is 47.5 Å². The third-order valence-electron chi connectivity index (χ3n) is 6.63. The Balaban J connectivity index is 1.47. The number of carboxylic acid groups (broad SMARTS) is 1. The molecule has 0 unspecified atom stereocenters. The van der Waals surface area contributed by atoms with Gasteiger partial charge in [-0.3, -0.25) is 0 Å². The van der Waals surface area contributed by atoms with Crippen LogP contribution < -0.4 is 23.7 Å². The Morgan fingerprint density at radius 1 is 0.972 bits per heavy atom. The fourth-order valence-corrected chi connectivity index (χ4v) is 5.01. The van der Waals surface area contributed by atoms with Gasteiger partial charge in [0.05, 0.1) is 26.0 Å². The van der Waals surface area contributed by atoms with Crippen LogP contribution in [0, 0.1) is 0 Å². The summed E-state index contributed by atoms with van der Waals surface area (Å²) in [5.41, 5.74) is 3.15. The smallest absolute Gasteiger partial charge is 0.340 e. The number of para-hydroxylation sites is 1. The van der Waals surface area contributed by atoms with Crippen LogP contribution in [0.5, 0.6) is 28.7 Å². The number of hydrogen-bond donors (Lipinski definition) is 1. The zero-order valence-electron chi connectivity index (χ0n) is 19.8. The third kappa shape index (κ3) is 3.46. The molecule has 3 heterocycles. The van der Waals surface area contributed by atoms with Gasteiger partial charge in [-0.05, 0) is 36.4 Å². The lowest BCUT2D eigenvalue weighted by molar-refractivity contribution is -0.0199. The molecule has 0 aromatic heterocycles. The van der Waals surface area contributed by atoms with Crippen LogP contribution in [0.4, 0.5) is 0 Å². The van der Waals surface area contributed by atoms with Crippen molar-refractivity contribution < 1.29 is 33.6 Å². The van der Waals surface area contributed by atoms with Gasteiger partial charge in [0.15, 0.2) is 23.0 Å². The predicted octanol–water partition coefficient (Wildman–Crippen LogP) is 4.42. The van der Waals surface area contributed by atoms with Crippen molar-refractivity contribution >= 4 is 11.7 Å². The minimum absolute atomic E-state index is 0.0250. The van der Waals surface area contributed by atoms with Crippen LogP contribution in [0.15, 0.2) is 59.7 Å². The molecule has 3 aliphatic heterocycles. The molecule has 0 bridgehead atoms. The van der Waals surface area contributed by atoms with Gasteiger partial charge in [0.1, 0.15) is 24.5 Å². The third-order valence-corrected chi connectivity index (χ3v) is 6.63. The molecule has 6 rings (SSSR count). The van der Waals surface area contributed by atoms with E-state index in [-0.39, 0.29) is 17.4 Å². The van der Waals surface area contributed by atoms with E-state index in [9.17, 15) is 9.90 Å². The van der Waals surface area contributed by atoms with Crippen molar-refractivity contribution in [3.63, 3.8) is 0 Å². The van der Waals surface area contributed by atoms with Crippen LogP contribution in [0.25, 0.3) is 0 Å². The molecule has 0 saturated heterocycles. The van der Waals surface area contributed by atoms with E-state index in [2.05, 4.69) is 0 Å². The van der Waals surface area contributed by atoms with Crippen molar-refractivity contribution in [1.82, 2.24) is 5.01 Å². The van der Waals surface area contributed by atoms with Crippen molar-refractivity contribution in [2.24, 2.45) is 5.10 Å². The van der Waals surface area contributed by atoms with Crippen molar-refractivity contribution in [3.8, 4) is 28.7 Å². The fourth-order valence-electron chi connectivity index (χ4n) is 5.01. The molecular weight excluding hydrogens is 464 g/mol. The first kappa shape index (κ1) is 22.1. The molecule has 3 aromatic rings. The molecule has 1 N–H and O–H groups in total. The van der Waals surface area contributed by atoms with Crippen LogP contribution >= 0.6 is 0 Å². The summed E-state index contributed by atoms with van der Waals surface area (Å²) in [4.78, 5) is 12.4. The molecule has 9 nitrogen and oxygen atoms in total. The molecule has 0 radical (unpaired) electrons.